The van der Waals surface area contributed by atoms with Crippen LogP contribution in [0.4, 0.5) is 0 Å². The van der Waals surface area contributed by atoms with Gasteiger partial charge in [-0.3, -0.25) is 0 Å². The van der Waals surface area contributed by atoms with Crippen molar-refractivity contribution >= 4 is 0 Å². The van der Waals surface area contributed by atoms with E-state index in [1.165, 1.54) is 50.8 Å². The summed E-state index contributed by atoms with van der Waals surface area (Å²) in [6.45, 7) is 3.30. The quantitative estimate of drug-likeness (QED) is 0.829. The third kappa shape index (κ3) is 3.80. The summed E-state index contributed by atoms with van der Waals surface area (Å²) in [6, 6.07) is 18.9. The van der Waals surface area contributed by atoms with E-state index in [1.54, 1.807) is 0 Å². The van der Waals surface area contributed by atoms with Gasteiger partial charge < -0.3 is 10.0 Å². The van der Waals surface area contributed by atoms with Gasteiger partial charge in [0.1, 0.15) is 5.60 Å². The number of nitrogens with zero attached hydrogens (tertiary/aromatic N) is 1. The maximum absolute atomic E-state index is 11.7. The van der Waals surface area contributed by atoms with Crippen LogP contribution in [0.15, 0.2) is 54.6 Å². The van der Waals surface area contributed by atoms with Gasteiger partial charge in [0.25, 0.3) is 0 Å². The van der Waals surface area contributed by atoms with Gasteiger partial charge in [0.2, 0.25) is 0 Å². The van der Waals surface area contributed by atoms with E-state index >= 15 is 0 Å². The van der Waals surface area contributed by atoms with Crippen LogP contribution in [-0.4, -0.2) is 29.6 Å². The van der Waals surface area contributed by atoms with Crippen LogP contribution in [0.25, 0.3) is 0 Å². The highest BCUT2D eigenvalue weighted by molar-refractivity contribution is 5.38. The molecule has 1 heterocycles. The number of rotatable bonds is 6. The first-order chi connectivity index (χ1) is 12.3. The van der Waals surface area contributed by atoms with E-state index in [2.05, 4.69) is 41.3 Å². The summed E-state index contributed by atoms with van der Waals surface area (Å²) in [4.78, 5) is 2.51. The molecule has 25 heavy (non-hydrogen) atoms. The molecule has 2 fully saturated rings. The molecule has 1 N–H and O–H groups in total. The van der Waals surface area contributed by atoms with E-state index in [4.69, 9.17) is 0 Å². The molecule has 0 aromatic heterocycles. The Labute approximate surface area is 151 Å². The smallest absolute Gasteiger partial charge is 0.116 e. The van der Waals surface area contributed by atoms with E-state index < -0.39 is 5.60 Å². The molecular weight excluding hydrogens is 306 g/mol. The molecule has 0 amide bonds. The van der Waals surface area contributed by atoms with Gasteiger partial charge in [-0.15, -0.1) is 0 Å². The number of likely N-dealkylation sites (tertiary alicyclic amines) is 1. The standard InChI is InChI=1S/C23H29NO/c25-23(21-7-3-1-4-8-21,15-18-24-16-5-2-6-17-24)22-13-11-20(12-14-22)19-9-10-19/h1,3-4,7-8,11-14,19,25H,2,5-6,9-10,15-18H2. The summed E-state index contributed by atoms with van der Waals surface area (Å²) in [5.41, 5.74) is 2.56. The lowest BCUT2D eigenvalue weighted by Crippen LogP contribution is -2.36. The summed E-state index contributed by atoms with van der Waals surface area (Å²) in [6.07, 6.45) is 7.32. The minimum absolute atomic E-state index is 0.750. The van der Waals surface area contributed by atoms with Crippen LogP contribution in [0.3, 0.4) is 0 Å². The van der Waals surface area contributed by atoms with Crippen molar-refractivity contribution in [3.05, 3.63) is 71.3 Å². The SMILES string of the molecule is OC(CCN1CCCCC1)(c1ccccc1)c1ccc(C2CC2)cc1. The van der Waals surface area contributed by atoms with Crippen molar-refractivity contribution in [2.75, 3.05) is 19.6 Å². The first-order valence-electron chi connectivity index (χ1n) is 9.86. The third-order valence-electron chi connectivity index (χ3n) is 5.93. The molecular formula is C23H29NO. The molecule has 1 aliphatic heterocycles. The van der Waals surface area contributed by atoms with E-state index in [0.717, 1.165) is 30.0 Å². The maximum Gasteiger partial charge on any atom is 0.116 e. The molecule has 2 heteroatoms. The van der Waals surface area contributed by atoms with Crippen LogP contribution in [0.2, 0.25) is 0 Å². The van der Waals surface area contributed by atoms with Crippen molar-refractivity contribution in [2.45, 2.75) is 50.0 Å². The van der Waals surface area contributed by atoms with Crippen molar-refractivity contribution in [3.8, 4) is 0 Å². The number of aliphatic hydroxyl groups is 1. The molecule has 2 aliphatic rings. The van der Waals surface area contributed by atoms with Gasteiger partial charge in [-0.2, -0.15) is 0 Å². The van der Waals surface area contributed by atoms with Crippen molar-refractivity contribution in [1.29, 1.82) is 0 Å². The Morgan fingerprint density at radius 2 is 1.48 bits per heavy atom. The molecule has 1 saturated heterocycles. The Hall–Kier alpha value is -1.64. The molecule has 2 nitrogen and oxygen atoms in total. The summed E-state index contributed by atoms with van der Waals surface area (Å²) < 4.78 is 0. The van der Waals surface area contributed by atoms with E-state index in [1.807, 2.05) is 18.2 Å². The van der Waals surface area contributed by atoms with E-state index in [-0.39, 0.29) is 0 Å². The molecule has 0 radical (unpaired) electrons. The third-order valence-corrected chi connectivity index (χ3v) is 5.93. The molecule has 1 unspecified atom stereocenters. The normalized spacial score (nSPS) is 21.0. The van der Waals surface area contributed by atoms with Gasteiger partial charge in [0.15, 0.2) is 0 Å². The fraction of sp³-hybridized carbons (Fsp3) is 0.478. The lowest BCUT2D eigenvalue weighted by Gasteiger charge is -2.34. The zero-order valence-corrected chi connectivity index (χ0v) is 15.0. The number of hydrogen-bond donors (Lipinski definition) is 1. The average molecular weight is 335 g/mol. The second-order valence-electron chi connectivity index (χ2n) is 7.77. The van der Waals surface area contributed by atoms with Crippen LogP contribution in [0.1, 0.15) is 61.1 Å². The van der Waals surface area contributed by atoms with Gasteiger partial charge in [-0.1, -0.05) is 61.0 Å². The highest BCUT2D eigenvalue weighted by Gasteiger charge is 2.32. The molecule has 0 spiro atoms. The summed E-state index contributed by atoms with van der Waals surface area (Å²) >= 11 is 0. The molecule has 0 bridgehead atoms. The molecule has 132 valence electrons. The van der Waals surface area contributed by atoms with E-state index in [9.17, 15) is 5.11 Å². The van der Waals surface area contributed by atoms with Gasteiger partial charge in [-0.25, -0.2) is 0 Å². The first kappa shape index (κ1) is 16.8. The van der Waals surface area contributed by atoms with Crippen LogP contribution in [0.5, 0.6) is 0 Å². The molecule has 1 atom stereocenters. The second-order valence-corrected chi connectivity index (χ2v) is 7.77. The van der Waals surface area contributed by atoms with Crippen LogP contribution in [0, 0.1) is 0 Å². The lowest BCUT2D eigenvalue weighted by molar-refractivity contribution is 0.0545. The Kier molecular flexibility index (Phi) is 4.91. The molecule has 1 aliphatic carbocycles. The van der Waals surface area contributed by atoms with Crippen LogP contribution < -0.4 is 0 Å². The monoisotopic (exact) mass is 335 g/mol. The van der Waals surface area contributed by atoms with Crippen molar-refractivity contribution < 1.29 is 5.11 Å². The summed E-state index contributed by atoms with van der Waals surface area (Å²) in [7, 11) is 0. The van der Waals surface area contributed by atoms with E-state index in [0.29, 0.717) is 0 Å². The van der Waals surface area contributed by atoms with Crippen molar-refractivity contribution in [3.63, 3.8) is 0 Å². The number of piperidine rings is 1. The van der Waals surface area contributed by atoms with Gasteiger partial charge in [-0.05, 0) is 67.8 Å². The van der Waals surface area contributed by atoms with Gasteiger partial charge in [0, 0.05) is 6.54 Å². The lowest BCUT2D eigenvalue weighted by atomic mass is 9.83. The highest BCUT2D eigenvalue weighted by Crippen LogP contribution is 2.41. The Morgan fingerprint density at radius 3 is 2.12 bits per heavy atom. The van der Waals surface area contributed by atoms with Crippen LogP contribution >= 0.6 is 0 Å². The van der Waals surface area contributed by atoms with Crippen molar-refractivity contribution in [1.82, 2.24) is 4.90 Å². The molecule has 1 saturated carbocycles. The molecule has 2 aromatic carbocycles. The largest absolute Gasteiger partial charge is 0.380 e. The maximum atomic E-state index is 11.7. The second kappa shape index (κ2) is 7.31. The molecule has 2 aromatic rings. The molecule has 4 rings (SSSR count). The zero-order valence-electron chi connectivity index (χ0n) is 15.0. The van der Waals surface area contributed by atoms with Crippen molar-refractivity contribution in [2.24, 2.45) is 0 Å². The fourth-order valence-electron chi connectivity index (χ4n) is 4.12. The summed E-state index contributed by atoms with van der Waals surface area (Å²) in [5.74, 6) is 0.757. The first-order valence-corrected chi connectivity index (χ1v) is 9.86. The Morgan fingerprint density at radius 1 is 0.840 bits per heavy atom. The van der Waals surface area contributed by atoms with Crippen LogP contribution in [-0.2, 0) is 5.60 Å². The average Bonchev–Trinajstić information content (AvgIpc) is 3.53. The van der Waals surface area contributed by atoms with Gasteiger partial charge in [0.05, 0.1) is 0 Å². The Bertz CT molecular complexity index is 671. The zero-order chi connectivity index (χ0) is 17.1. The minimum atomic E-state index is -0.902. The highest BCUT2D eigenvalue weighted by atomic mass is 16.3. The number of hydrogen-bond acceptors (Lipinski definition) is 2. The number of benzene rings is 2. The Balaban J connectivity index is 1.58. The minimum Gasteiger partial charge on any atom is -0.380 e. The predicted molar refractivity (Wildman–Crippen MR) is 103 cm³/mol. The predicted octanol–water partition coefficient (Wildman–Crippen LogP) is 4.68. The fourth-order valence-corrected chi connectivity index (χ4v) is 4.12. The summed E-state index contributed by atoms with van der Waals surface area (Å²) in [5, 5.41) is 11.7. The van der Waals surface area contributed by atoms with Gasteiger partial charge >= 0.3 is 0 Å². The topological polar surface area (TPSA) is 23.5 Å².